The van der Waals surface area contributed by atoms with E-state index >= 15 is 0 Å². The first-order chi connectivity index (χ1) is 8.28. The number of sulfonamides is 1. The van der Waals surface area contributed by atoms with Gasteiger partial charge in [0.15, 0.2) is 0 Å². The maximum absolute atomic E-state index is 11.7. The summed E-state index contributed by atoms with van der Waals surface area (Å²) in [5.74, 6) is -0.433. The Bertz CT molecular complexity index is 523. The molecule has 5 nitrogen and oxygen atoms in total. The van der Waals surface area contributed by atoms with E-state index in [4.69, 9.17) is 16.7 Å². The van der Waals surface area contributed by atoms with Gasteiger partial charge in [0.1, 0.15) is 0 Å². The summed E-state index contributed by atoms with van der Waals surface area (Å²) in [6.45, 7) is 2.09. The molecule has 0 aliphatic carbocycles. The molecule has 18 heavy (non-hydrogen) atoms. The topological polar surface area (TPSA) is 89.3 Å². The van der Waals surface area contributed by atoms with Crippen molar-refractivity contribution in [1.29, 1.82) is 0 Å². The molecule has 1 aromatic carbocycles. The molecule has 0 saturated carbocycles. The molecule has 1 amide bonds. The highest BCUT2D eigenvalue weighted by Crippen LogP contribution is 2.14. The summed E-state index contributed by atoms with van der Waals surface area (Å²) in [5, 5.41) is 7.94. The summed E-state index contributed by atoms with van der Waals surface area (Å²) in [5.41, 5.74) is 1.34. The summed E-state index contributed by atoms with van der Waals surface area (Å²) < 4.78 is 21.4. The van der Waals surface area contributed by atoms with E-state index in [0.29, 0.717) is 10.6 Å². The highest BCUT2D eigenvalue weighted by Gasteiger charge is 2.07. The molecule has 0 aromatic heterocycles. The van der Waals surface area contributed by atoms with Gasteiger partial charge in [-0.3, -0.25) is 4.79 Å². The van der Waals surface area contributed by atoms with Gasteiger partial charge >= 0.3 is 0 Å². The quantitative estimate of drug-likeness (QED) is 0.795. The molecule has 0 bridgehead atoms. The zero-order valence-electron chi connectivity index (χ0n) is 9.94. The van der Waals surface area contributed by atoms with Crippen molar-refractivity contribution >= 4 is 27.5 Å². The smallest absolute Gasteiger partial charge is 0.251 e. The lowest BCUT2D eigenvalue weighted by molar-refractivity contribution is 0.0953. The number of nitrogens with two attached hydrogens (primary N) is 1. The maximum Gasteiger partial charge on any atom is 0.251 e. The van der Waals surface area contributed by atoms with Crippen molar-refractivity contribution < 1.29 is 13.2 Å². The largest absolute Gasteiger partial charge is 0.352 e. The number of nitrogens with one attached hydrogen (secondary N) is 1. The van der Waals surface area contributed by atoms with Crippen molar-refractivity contribution in [2.75, 3.05) is 12.3 Å². The van der Waals surface area contributed by atoms with Gasteiger partial charge in [-0.15, -0.1) is 0 Å². The van der Waals surface area contributed by atoms with E-state index in [9.17, 15) is 13.2 Å². The molecular weight excluding hydrogens is 276 g/mol. The first-order valence-electron chi connectivity index (χ1n) is 5.34. The molecule has 0 atom stereocenters. The number of aryl methyl sites for hydroxylation is 1. The van der Waals surface area contributed by atoms with Gasteiger partial charge in [0.2, 0.25) is 10.0 Å². The van der Waals surface area contributed by atoms with Crippen LogP contribution in [0.5, 0.6) is 0 Å². The number of carbonyl (C=O) groups is 1. The average molecular weight is 291 g/mol. The van der Waals surface area contributed by atoms with E-state index in [1.165, 1.54) is 0 Å². The predicted octanol–water partition coefficient (Wildman–Crippen LogP) is 1.06. The highest BCUT2D eigenvalue weighted by atomic mass is 35.5. The zero-order valence-corrected chi connectivity index (χ0v) is 11.5. The fraction of sp³-hybridized carbons (Fsp3) is 0.364. The number of primary sulfonamides is 1. The van der Waals surface area contributed by atoms with Crippen molar-refractivity contribution in [3.05, 3.63) is 34.3 Å². The molecule has 0 heterocycles. The third kappa shape index (κ3) is 5.48. The Hall–Kier alpha value is -1.11. The monoisotopic (exact) mass is 290 g/mol. The van der Waals surface area contributed by atoms with Crippen molar-refractivity contribution in [2.45, 2.75) is 13.3 Å². The van der Waals surface area contributed by atoms with Gasteiger partial charge in [-0.05, 0) is 37.1 Å². The average Bonchev–Trinajstić information content (AvgIpc) is 2.21. The Morgan fingerprint density at radius 2 is 2.06 bits per heavy atom. The van der Waals surface area contributed by atoms with Gasteiger partial charge in [0.05, 0.1) is 5.75 Å². The first kappa shape index (κ1) is 14.9. The number of hydrogen-bond acceptors (Lipinski definition) is 3. The minimum atomic E-state index is -3.47. The minimum absolute atomic E-state index is 0.151. The van der Waals surface area contributed by atoms with Gasteiger partial charge in [-0.1, -0.05) is 11.6 Å². The van der Waals surface area contributed by atoms with Crippen LogP contribution in [0.4, 0.5) is 0 Å². The molecule has 3 N–H and O–H groups in total. The number of carbonyl (C=O) groups excluding carboxylic acids is 1. The molecule has 0 spiro atoms. The van der Waals surface area contributed by atoms with Crippen molar-refractivity contribution in [2.24, 2.45) is 5.14 Å². The third-order valence-corrected chi connectivity index (χ3v) is 3.27. The second-order valence-electron chi connectivity index (χ2n) is 3.99. The lowest BCUT2D eigenvalue weighted by Gasteiger charge is -2.06. The van der Waals surface area contributed by atoms with Gasteiger partial charge in [0, 0.05) is 17.1 Å². The van der Waals surface area contributed by atoms with Crippen LogP contribution in [0.3, 0.4) is 0 Å². The van der Waals surface area contributed by atoms with Crippen LogP contribution in [-0.4, -0.2) is 26.6 Å². The van der Waals surface area contributed by atoms with Crippen LogP contribution in [0, 0.1) is 6.92 Å². The summed E-state index contributed by atoms with van der Waals surface area (Å²) in [7, 11) is -3.47. The molecule has 0 saturated heterocycles. The van der Waals surface area contributed by atoms with Crippen LogP contribution in [-0.2, 0) is 10.0 Å². The van der Waals surface area contributed by atoms with Crippen molar-refractivity contribution in [1.82, 2.24) is 5.32 Å². The molecule has 1 rings (SSSR count). The second kappa shape index (κ2) is 6.17. The normalized spacial score (nSPS) is 11.3. The molecule has 0 aliphatic heterocycles. The molecular formula is C11H15ClN2O3S. The van der Waals surface area contributed by atoms with E-state index in [1.54, 1.807) is 18.2 Å². The lowest BCUT2D eigenvalue weighted by Crippen LogP contribution is -2.27. The summed E-state index contributed by atoms with van der Waals surface area (Å²) in [6, 6.07) is 5.02. The Balaban J connectivity index is 2.51. The van der Waals surface area contributed by atoms with Crippen LogP contribution in [0.1, 0.15) is 22.3 Å². The predicted molar refractivity (Wildman–Crippen MR) is 71.1 cm³/mol. The molecule has 7 heteroatoms. The van der Waals surface area contributed by atoms with E-state index in [0.717, 1.165) is 5.56 Å². The molecule has 0 radical (unpaired) electrons. The van der Waals surface area contributed by atoms with Crippen molar-refractivity contribution in [3.63, 3.8) is 0 Å². The summed E-state index contributed by atoms with van der Waals surface area (Å²) in [4.78, 5) is 11.7. The number of hydrogen-bond donors (Lipinski definition) is 2. The molecule has 0 unspecified atom stereocenters. The van der Waals surface area contributed by atoms with E-state index in [2.05, 4.69) is 5.32 Å². The highest BCUT2D eigenvalue weighted by molar-refractivity contribution is 7.89. The lowest BCUT2D eigenvalue weighted by atomic mass is 10.1. The maximum atomic E-state index is 11.7. The fourth-order valence-electron chi connectivity index (χ4n) is 1.44. The Kier molecular flexibility index (Phi) is 5.13. The van der Waals surface area contributed by atoms with Crippen LogP contribution in [0.25, 0.3) is 0 Å². The number of amides is 1. The minimum Gasteiger partial charge on any atom is -0.352 e. The van der Waals surface area contributed by atoms with Gasteiger partial charge < -0.3 is 5.32 Å². The SMILES string of the molecule is Cc1cc(Cl)cc(C(=O)NCCCS(N)(=O)=O)c1. The zero-order chi connectivity index (χ0) is 13.8. The fourth-order valence-corrected chi connectivity index (χ4v) is 2.28. The van der Waals surface area contributed by atoms with Gasteiger partial charge in [-0.25, -0.2) is 13.6 Å². The van der Waals surface area contributed by atoms with Crippen molar-refractivity contribution in [3.8, 4) is 0 Å². The van der Waals surface area contributed by atoms with Crippen LogP contribution in [0.2, 0.25) is 5.02 Å². The number of benzene rings is 1. The first-order valence-corrected chi connectivity index (χ1v) is 7.43. The van der Waals surface area contributed by atoms with E-state index in [1.807, 2.05) is 6.92 Å². The molecule has 0 aliphatic rings. The summed E-state index contributed by atoms with van der Waals surface area (Å²) >= 11 is 5.84. The summed E-state index contributed by atoms with van der Waals surface area (Å²) in [6.07, 6.45) is 0.282. The third-order valence-electron chi connectivity index (χ3n) is 2.20. The van der Waals surface area contributed by atoms with E-state index in [-0.39, 0.29) is 24.6 Å². The van der Waals surface area contributed by atoms with Crippen LogP contribution < -0.4 is 10.5 Å². The number of rotatable bonds is 5. The Morgan fingerprint density at radius 1 is 1.39 bits per heavy atom. The standard InChI is InChI=1S/C11H15ClN2O3S/c1-8-5-9(7-10(12)6-8)11(15)14-3-2-4-18(13,16)17/h5-7H,2-4H2,1H3,(H,14,15)(H2,13,16,17). The molecule has 0 fully saturated rings. The van der Waals surface area contributed by atoms with Gasteiger partial charge in [0.25, 0.3) is 5.91 Å². The van der Waals surface area contributed by atoms with Crippen LogP contribution in [0.15, 0.2) is 18.2 Å². The number of halogens is 1. The van der Waals surface area contributed by atoms with Gasteiger partial charge in [-0.2, -0.15) is 0 Å². The Labute approximate surface area is 111 Å². The molecule has 1 aromatic rings. The Morgan fingerprint density at radius 3 is 2.61 bits per heavy atom. The van der Waals surface area contributed by atoms with Crippen LogP contribution >= 0.6 is 11.6 Å². The van der Waals surface area contributed by atoms with E-state index < -0.39 is 10.0 Å². The second-order valence-corrected chi connectivity index (χ2v) is 6.16. The molecule has 100 valence electrons.